The molecule has 2 aromatic rings. The molecule has 0 aromatic heterocycles. The fourth-order valence-corrected chi connectivity index (χ4v) is 1.97. The maximum absolute atomic E-state index is 9.86. The normalized spacial score (nSPS) is 12.1. The molecular formula is C16H19ClNO2+. The Bertz CT molecular complexity index is 502. The van der Waals surface area contributed by atoms with Crippen LogP contribution in [0.3, 0.4) is 0 Å². The number of ether oxygens (including phenoxy) is 1. The van der Waals surface area contributed by atoms with Crippen molar-refractivity contribution in [1.82, 2.24) is 0 Å². The Labute approximate surface area is 124 Å². The van der Waals surface area contributed by atoms with Crippen molar-refractivity contribution in [2.24, 2.45) is 0 Å². The molecule has 4 heteroatoms. The molecule has 0 bridgehead atoms. The van der Waals surface area contributed by atoms with Crippen LogP contribution in [0.2, 0.25) is 5.02 Å². The SMILES string of the molecule is O[C@@H](C[NH2+]Cc1ccc(Cl)cc1)COc1ccccc1. The summed E-state index contributed by atoms with van der Waals surface area (Å²) in [7, 11) is 0. The highest BCUT2D eigenvalue weighted by atomic mass is 35.5. The van der Waals surface area contributed by atoms with Crippen molar-refractivity contribution in [2.75, 3.05) is 13.2 Å². The van der Waals surface area contributed by atoms with Gasteiger partial charge >= 0.3 is 0 Å². The van der Waals surface area contributed by atoms with Crippen molar-refractivity contribution in [3.05, 3.63) is 65.2 Å². The molecule has 1 atom stereocenters. The fraction of sp³-hybridized carbons (Fsp3) is 0.250. The van der Waals surface area contributed by atoms with E-state index in [4.69, 9.17) is 16.3 Å². The van der Waals surface area contributed by atoms with Crippen LogP contribution in [-0.4, -0.2) is 24.4 Å². The quantitative estimate of drug-likeness (QED) is 0.818. The third kappa shape index (κ3) is 5.21. The van der Waals surface area contributed by atoms with Gasteiger partial charge in [-0.15, -0.1) is 0 Å². The zero-order valence-electron chi connectivity index (χ0n) is 11.2. The number of quaternary nitrogens is 1. The summed E-state index contributed by atoms with van der Waals surface area (Å²) in [5.41, 5.74) is 1.19. The molecule has 0 saturated heterocycles. The number of hydrogen-bond acceptors (Lipinski definition) is 2. The van der Waals surface area contributed by atoms with Gasteiger partial charge in [-0.1, -0.05) is 41.9 Å². The number of aliphatic hydroxyl groups is 1. The molecule has 3 N–H and O–H groups in total. The van der Waals surface area contributed by atoms with Gasteiger partial charge in [0.1, 0.15) is 31.5 Å². The molecule has 2 rings (SSSR count). The van der Waals surface area contributed by atoms with E-state index in [0.717, 1.165) is 17.3 Å². The molecule has 3 nitrogen and oxygen atoms in total. The van der Waals surface area contributed by atoms with Crippen LogP contribution in [-0.2, 0) is 6.54 Å². The lowest BCUT2D eigenvalue weighted by atomic mass is 10.2. The highest BCUT2D eigenvalue weighted by Crippen LogP contribution is 2.09. The first-order chi connectivity index (χ1) is 9.74. The van der Waals surface area contributed by atoms with Gasteiger partial charge in [0.2, 0.25) is 0 Å². The van der Waals surface area contributed by atoms with Crippen molar-refractivity contribution in [1.29, 1.82) is 0 Å². The van der Waals surface area contributed by atoms with Crippen LogP contribution in [0.1, 0.15) is 5.56 Å². The summed E-state index contributed by atoms with van der Waals surface area (Å²) in [6, 6.07) is 17.2. The Morgan fingerprint density at radius 3 is 2.45 bits per heavy atom. The highest BCUT2D eigenvalue weighted by molar-refractivity contribution is 6.30. The van der Waals surface area contributed by atoms with Gasteiger partial charge in [0.25, 0.3) is 0 Å². The summed E-state index contributed by atoms with van der Waals surface area (Å²) < 4.78 is 5.50. The largest absolute Gasteiger partial charge is 0.491 e. The summed E-state index contributed by atoms with van der Waals surface area (Å²) in [6.45, 7) is 1.73. The molecule has 0 aliphatic carbocycles. The van der Waals surface area contributed by atoms with Gasteiger partial charge < -0.3 is 15.2 Å². The molecular weight excluding hydrogens is 274 g/mol. The van der Waals surface area contributed by atoms with E-state index >= 15 is 0 Å². The Balaban J connectivity index is 1.65. The Hall–Kier alpha value is -1.55. The van der Waals surface area contributed by atoms with Gasteiger partial charge in [-0.3, -0.25) is 0 Å². The zero-order valence-corrected chi connectivity index (χ0v) is 12.0. The van der Waals surface area contributed by atoms with Crippen LogP contribution >= 0.6 is 11.6 Å². The van der Waals surface area contributed by atoms with Crippen LogP contribution in [0.4, 0.5) is 0 Å². The molecule has 0 heterocycles. The van der Waals surface area contributed by atoms with Gasteiger partial charge in [-0.2, -0.15) is 0 Å². The lowest BCUT2D eigenvalue weighted by molar-refractivity contribution is -0.676. The second kappa shape index (κ2) is 7.90. The van der Waals surface area contributed by atoms with Crippen LogP contribution in [0, 0.1) is 0 Å². The van der Waals surface area contributed by atoms with E-state index in [0.29, 0.717) is 13.2 Å². The number of aliphatic hydroxyl groups excluding tert-OH is 1. The molecule has 0 fully saturated rings. The van der Waals surface area contributed by atoms with E-state index in [1.807, 2.05) is 54.6 Å². The molecule has 0 aliphatic heterocycles. The van der Waals surface area contributed by atoms with E-state index in [2.05, 4.69) is 5.32 Å². The van der Waals surface area contributed by atoms with Crippen molar-refractivity contribution in [2.45, 2.75) is 12.6 Å². The third-order valence-corrected chi connectivity index (χ3v) is 3.17. The van der Waals surface area contributed by atoms with Crippen molar-refractivity contribution >= 4 is 11.6 Å². The van der Waals surface area contributed by atoms with Crippen LogP contribution in [0.5, 0.6) is 5.75 Å². The van der Waals surface area contributed by atoms with E-state index in [1.54, 1.807) is 0 Å². The Kier molecular flexibility index (Phi) is 5.87. The minimum atomic E-state index is -0.484. The van der Waals surface area contributed by atoms with Crippen LogP contribution < -0.4 is 10.1 Å². The monoisotopic (exact) mass is 292 g/mol. The van der Waals surface area contributed by atoms with E-state index in [1.165, 1.54) is 5.56 Å². The highest BCUT2D eigenvalue weighted by Gasteiger charge is 2.07. The molecule has 20 heavy (non-hydrogen) atoms. The second-order valence-electron chi connectivity index (χ2n) is 4.63. The number of hydrogen-bond donors (Lipinski definition) is 2. The molecule has 0 amide bonds. The number of rotatable bonds is 7. The number of halogens is 1. The fourth-order valence-electron chi connectivity index (χ4n) is 1.84. The van der Waals surface area contributed by atoms with Crippen molar-refractivity contribution in [3.63, 3.8) is 0 Å². The second-order valence-corrected chi connectivity index (χ2v) is 5.07. The molecule has 106 valence electrons. The maximum Gasteiger partial charge on any atom is 0.137 e. The molecule has 0 unspecified atom stereocenters. The summed E-state index contributed by atoms with van der Waals surface area (Å²) in [5, 5.41) is 12.7. The molecule has 0 aliphatic rings. The van der Waals surface area contributed by atoms with Crippen molar-refractivity contribution < 1.29 is 15.2 Å². The number of benzene rings is 2. The van der Waals surface area contributed by atoms with E-state index in [9.17, 15) is 5.11 Å². The minimum absolute atomic E-state index is 0.307. The van der Waals surface area contributed by atoms with Gasteiger partial charge in [-0.05, 0) is 24.3 Å². The van der Waals surface area contributed by atoms with E-state index < -0.39 is 6.10 Å². The summed E-state index contributed by atoms with van der Waals surface area (Å²) in [4.78, 5) is 0. The van der Waals surface area contributed by atoms with E-state index in [-0.39, 0.29) is 0 Å². The number of nitrogens with two attached hydrogens (primary N) is 1. The number of para-hydroxylation sites is 1. The predicted octanol–water partition coefficient (Wildman–Crippen LogP) is 1.84. The molecule has 0 spiro atoms. The lowest BCUT2D eigenvalue weighted by Crippen LogP contribution is -2.85. The predicted molar refractivity (Wildman–Crippen MR) is 79.9 cm³/mol. The lowest BCUT2D eigenvalue weighted by Gasteiger charge is -2.11. The average Bonchev–Trinajstić information content (AvgIpc) is 2.48. The Morgan fingerprint density at radius 1 is 1.05 bits per heavy atom. The van der Waals surface area contributed by atoms with Gasteiger partial charge in [0.15, 0.2) is 0 Å². The first-order valence-electron chi connectivity index (χ1n) is 6.66. The standard InChI is InChI=1S/C16H18ClNO2/c17-14-8-6-13(7-9-14)10-18-11-15(19)12-20-16-4-2-1-3-5-16/h1-9,15,18-19H,10-12H2/p+1/t15-/m0/s1. The van der Waals surface area contributed by atoms with Crippen molar-refractivity contribution in [3.8, 4) is 5.75 Å². The summed E-state index contributed by atoms with van der Waals surface area (Å²) in [5.74, 6) is 0.782. The zero-order chi connectivity index (χ0) is 14.2. The molecule has 2 aromatic carbocycles. The first-order valence-corrected chi connectivity index (χ1v) is 7.04. The Morgan fingerprint density at radius 2 is 1.75 bits per heavy atom. The summed E-state index contributed by atoms with van der Waals surface area (Å²) in [6.07, 6.45) is -0.484. The maximum atomic E-state index is 9.86. The average molecular weight is 293 g/mol. The van der Waals surface area contributed by atoms with Gasteiger partial charge in [0.05, 0.1) is 0 Å². The topological polar surface area (TPSA) is 46.1 Å². The van der Waals surface area contributed by atoms with Crippen LogP contribution in [0.15, 0.2) is 54.6 Å². The van der Waals surface area contributed by atoms with Crippen LogP contribution in [0.25, 0.3) is 0 Å². The third-order valence-electron chi connectivity index (χ3n) is 2.92. The minimum Gasteiger partial charge on any atom is -0.491 e. The molecule has 0 radical (unpaired) electrons. The molecule has 0 saturated carbocycles. The van der Waals surface area contributed by atoms with Gasteiger partial charge in [0, 0.05) is 10.6 Å². The summed E-state index contributed by atoms with van der Waals surface area (Å²) >= 11 is 5.83. The van der Waals surface area contributed by atoms with Gasteiger partial charge in [-0.25, -0.2) is 0 Å². The smallest absolute Gasteiger partial charge is 0.137 e. The first kappa shape index (κ1) is 14.9.